The Bertz CT molecular complexity index is 579. The molecule has 18 heavy (non-hydrogen) atoms. The number of anilines is 1. The Balaban J connectivity index is 1.75. The van der Waals surface area contributed by atoms with Crippen LogP contribution in [0.3, 0.4) is 0 Å². The van der Waals surface area contributed by atoms with Crippen LogP contribution in [-0.4, -0.2) is 30.8 Å². The highest BCUT2D eigenvalue weighted by atomic mass is 16.5. The second-order valence-electron chi connectivity index (χ2n) is 5.48. The van der Waals surface area contributed by atoms with E-state index in [1.807, 2.05) is 18.2 Å². The summed E-state index contributed by atoms with van der Waals surface area (Å²) in [5.41, 5.74) is 0.884. The lowest BCUT2D eigenvalue weighted by Crippen LogP contribution is -2.33. The molecule has 3 unspecified atom stereocenters. The van der Waals surface area contributed by atoms with E-state index in [1.54, 1.807) is 0 Å². The van der Waals surface area contributed by atoms with Crippen LogP contribution in [0.1, 0.15) is 6.92 Å². The van der Waals surface area contributed by atoms with E-state index in [4.69, 9.17) is 4.52 Å². The SMILES string of the molecule is CC1C2CNCC2CN1c1noc2ccccc12. The molecule has 0 saturated carbocycles. The second kappa shape index (κ2) is 3.72. The maximum absolute atomic E-state index is 5.42. The smallest absolute Gasteiger partial charge is 0.180 e. The fourth-order valence-corrected chi connectivity index (χ4v) is 3.53. The standard InChI is InChI=1S/C14H17N3O/c1-9-12-7-15-6-10(12)8-17(9)14-11-4-2-3-5-13(11)18-16-14/h2-5,9-10,12,15H,6-8H2,1H3. The largest absolute Gasteiger partial charge is 0.354 e. The van der Waals surface area contributed by atoms with Crippen molar-refractivity contribution in [3.8, 4) is 0 Å². The summed E-state index contributed by atoms with van der Waals surface area (Å²) in [5.74, 6) is 2.53. The van der Waals surface area contributed by atoms with Crippen LogP contribution in [0.4, 0.5) is 5.82 Å². The van der Waals surface area contributed by atoms with Crippen molar-refractivity contribution >= 4 is 16.8 Å². The highest BCUT2D eigenvalue weighted by Gasteiger charge is 2.43. The number of nitrogens with one attached hydrogen (secondary N) is 1. The van der Waals surface area contributed by atoms with Crippen LogP contribution < -0.4 is 10.2 Å². The van der Waals surface area contributed by atoms with E-state index < -0.39 is 0 Å². The summed E-state index contributed by atoms with van der Waals surface area (Å²) >= 11 is 0. The van der Waals surface area contributed by atoms with Crippen molar-refractivity contribution in [3.05, 3.63) is 24.3 Å². The predicted molar refractivity (Wildman–Crippen MR) is 70.7 cm³/mol. The number of hydrogen-bond donors (Lipinski definition) is 1. The molecule has 3 heterocycles. The first-order chi connectivity index (χ1) is 8.84. The lowest BCUT2D eigenvalue weighted by atomic mass is 9.95. The highest BCUT2D eigenvalue weighted by molar-refractivity contribution is 5.88. The Morgan fingerprint density at radius 2 is 2.22 bits per heavy atom. The van der Waals surface area contributed by atoms with E-state index in [-0.39, 0.29) is 0 Å². The Hall–Kier alpha value is -1.55. The minimum atomic E-state index is 0.540. The molecule has 4 heteroatoms. The normalized spacial score (nSPS) is 31.2. The summed E-state index contributed by atoms with van der Waals surface area (Å²) in [7, 11) is 0. The molecule has 1 aromatic heterocycles. The van der Waals surface area contributed by atoms with Crippen LogP contribution in [-0.2, 0) is 0 Å². The number of aromatic nitrogens is 1. The van der Waals surface area contributed by atoms with E-state index in [1.165, 1.54) is 0 Å². The van der Waals surface area contributed by atoms with Gasteiger partial charge in [0, 0.05) is 25.7 Å². The molecule has 2 aliphatic rings. The summed E-state index contributed by atoms with van der Waals surface area (Å²) in [6, 6.07) is 8.66. The molecule has 2 aromatic rings. The van der Waals surface area contributed by atoms with Crippen LogP contribution >= 0.6 is 0 Å². The molecular formula is C14H17N3O. The van der Waals surface area contributed by atoms with Gasteiger partial charge >= 0.3 is 0 Å². The van der Waals surface area contributed by atoms with Crippen molar-refractivity contribution in [2.75, 3.05) is 24.5 Å². The van der Waals surface area contributed by atoms with Crippen LogP contribution in [0.5, 0.6) is 0 Å². The maximum atomic E-state index is 5.42. The van der Waals surface area contributed by atoms with Crippen LogP contribution in [0, 0.1) is 11.8 Å². The van der Waals surface area contributed by atoms with E-state index in [2.05, 4.69) is 28.4 Å². The molecule has 4 nitrogen and oxygen atoms in total. The van der Waals surface area contributed by atoms with Crippen molar-refractivity contribution in [1.82, 2.24) is 10.5 Å². The summed E-state index contributed by atoms with van der Waals surface area (Å²) in [6.07, 6.45) is 0. The molecule has 0 spiro atoms. The van der Waals surface area contributed by atoms with Crippen LogP contribution in [0.2, 0.25) is 0 Å². The van der Waals surface area contributed by atoms with Gasteiger partial charge < -0.3 is 14.7 Å². The van der Waals surface area contributed by atoms with E-state index in [0.29, 0.717) is 6.04 Å². The van der Waals surface area contributed by atoms with Gasteiger partial charge in [-0.25, -0.2) is 0 Å². The van der Waals surface area contributed by atoms with Crippen molar-refractivity contribution in [1.29, 1.82) is 0 Å². The van der Waals surface area contributed by atoms with Gasteiger partial charge in [0.2, 0.25) is 0 Å². The molecule has 0 radical (unpaired) electrons. The number of para-hydroxylation sites is 1. The zero-order valence-electron chi connectivity index (χ0n) is 10.5. The van der Waals surface area contributed by atoms with Gasteiger partial charge in [-0.15, -0.1) is 0 Å². The maximum Gasteiger partial charge on any atom is 0.180 e. The lowest BCUT2D eigenvalue weighted by Gasteiger charge is -2.23. The molecule has 2 aliphatic heterocycles. The highest BCUT2D eigenvalue weighted by Crippen LogP contribution is 2.37. The Morgan fingerprint density at radius 1 is 1.33 bits per heavy atom. The van der Waals surface area contributed by atoms with Gasteiger partial charge in [0.1, 0.15) is 0 Å². The van der Waals surface area contributed by atoms with Crippen molar-refractivity contribution in [2.24, 2.45) is 11.8 Å². The fraction of sp³-hybridized carbons (Fsp3) is 0.500. The average molecular weight is 243 g/mol. The first-order valence-electron chi connectivity index (χ1n) is 6.66. The molecule has 0 amide bonds. The Morgan fingerprint density at radius 3 is 3.11 bits per heavy atom. The molecule has 0 aliphatic carbocycles. The first-order valence-corrected chi connectivity index (χ1v) is 6.66. The summed E-state index contributed by atoms with van der Waals surface area (Å²) in [5, 5.41) is 8.91. The average Bonchev–Trinajstić information content (AvgIpc) is 3.06. The summed E-state index contributed by atoms with van der Waals surface area (Å²) < 4.78 is 5.42. The lowest BCUT2D eigenvalue weighted by molar-refractivity contribution is 0.448. The summed E-state index contributed by atoms with van der Waals surface area (Å²) in [4.78, 5) is 2.42. The molecule has 3 atom stereocenters. The van der Waals surface area contributed by atoms with Crippen LogP contribution in [0.25, 0.3) is 11.0 Å². The molecule has 2 saturated heterocycles. The third-order valence-corrected chi connectivity index (χ3v) is 4.56. The van der Waals surface area contributed by atoms with Gasteiger partial charge in [0.05, 0.1) is 5.39 Å². The summed E-state index contributed by atoms with van der Waals surface area (Å²) in [6.45, 7) is 5.68. The van der Waals surface area contributed by atoms with Gasteiger partial charge in [-0.2, -0.15) is 0 Å². The van der Waals surface area contributed by atoms with Gasteiger partial charge in [-0.05, 0) is 30.9 Å². The molecule has 1 aromatic carbocycles. The number of hydrogen-bond acceptors (Lipinski definition) is 4. The van der Waals surface area contributed by atoms with E-state index in [0.717, 1.165) is 48.3 Å². The van der Waals surface area contributed by atoms with Gasteiger partial charge in [-0.1, -0.05) is 17.3 Å². The van der Waals surface area contributed by atoms with Crippen molar-refractivity contribution in [2.45, 2.75) is 13.0 Å². The molecule has 0 bridgehead atoms. The zero-order valence-corrected chi connectivity index (χ0v) is 10.5. The second-order valence-corrected chi connectivity index (χ2v) is 5.48. The minimum Gasteiger partial charge on any atom is -0.354 e. The monoisotopic (exact) mass is 243 g/mol. The molecule has 1 N–H and O–H groups in total. The number of nitrogens with zero attached hydrogens (tertiary/aromatic N) is 2. The number of benzene rings is 1. The number of rotatable bonds is 1. The minimum absolute atomic E-state index is 0.540. The van der Waals surface area contributed by atoms with Crippen molar-refractivity contribution < 1.29 is 4.52 Å². The third-order valence-electron chi connectivity index (χ3n) is 4.56. The van der Waals surface area contributed by atoms with Gasteiger partial charge in [0.25, 0.3) is 0 Å². The molecular weight excluding hydrogens is 226 g/mol. The molecule has 94 valence electrons. The van der Waals surface area contributed by atoms with Crippen molar-refractivity contribution in [3.63, 3.8) is 0 Å². The number of fused-ring (bicyclic) bond motifs is 2. The topological polar surface area (TPSA) is 41.3 Å². The van der Waals surface area contributed by atoms with E-state index in [9.17, 15) is 0 Å². The first kappa shape index (κ1) is 10.4. The third kappa shape index (κ3) is 1.32. The molecule has 4 rings (SSSR count). The fourth-order valence-electron chi connectivity index (χ4n) is 3.53. The molecule has 2 fully saturated rings. The van der Waals surface area contributed by atoms with Gasteiger partial charge in [-0.3, -0.25) is 0 Å². The van der Waals surface area contributed by atoms with Gasteiger partial charge in [0.15, 0.2) is 11.4 Å². The predicted octanol–water partition coefficient (Wildman–Crippen LogP) is 1.87. The van der Waals surface area contributed by atoms with E-state index >= 15 is 0 Å². The van der Waals surface area contributed by atoms with Crippen LogP contribution in [0.15, 0.2) is 28.8 Å². The Kier molecular flexibility index (Phi) is 2.14. The quantitative estimate of drug-likeness (QED) is 0.830. The Labute approximate surface area is 106 Å². The zero-order chi connectivity index (χ0) is 12.1.